The van der Waals surface area contributed by atoms with E-state index in [0.717, 1.165) is 5.56 Å². The number of benzene rings is 2. The van der Waals surface area contributed by atoms with E-state index < -0.39 is 0 Å². The van der Waals surface area contributed by atoms with E-state index in [9.17, 15) is 0 Å². The Balaban J connectivity index is 2.01. The maximum Gasteiger partial charge on any atom is 0.197 e. The lowest BCUT2D eigenvalue weighted by atomic mass is 10.1. The lowest BCUT2D eigenvalue weighted by Gasteiger charge is -2.08. The van der Waals surface area contributed by atoms with Crippen LogP contribution in [0.5, 0.6) is 11.5 Å². The van der Waals surface area contributed by atoms with Crippen LogP contribution >= 0.6 is 23.2 Å². The van der Waals surface area contributed by atoms with E-state index in [4.69, 9.17) is 32.5 Å². The molecule has 21 heavy (non-hydrogen) atoms. The molecule has 0 saturated carbocycles. The summed E-state index contributed by atoms with van der Waals surface area (Å²) in [4.78, 5) is 0. The monoisotopic (exact) mass is 319 g/mol. The zero-order valence-corrected chi connectivity index (χ0v) is 12.7. The minimum atomic E-state index is 0.433. The van der Waals surface area contributed by atoms with Gasteiger partial charge in [-0.3, -0.25) is 0 Å². The fraction of sp³-hybridized carbons (Fsp3) is 0.0625. The molecule has 0 aliphatic rings. The van der Waals surface area contributed by atoms with Gasteiger partial charge in [-0.1, -0.05) is 58.7 Å². The zero-order valence-electron chi connectivity index (χ0n) is 11.1. The topological polar surface area (TPSA) is 35.3 Å². The summed E-state index contributed by atoms with van der Waals surface area (Å²) in [5.74, 6) is 1.63. The summed E-state index contributed by atoms with van der Waals surface area (Å²) in [6, 6.07) is 14.7. The number of aromatic nitrogens is 1. The van der Waals surface area contributed by atoms with E-state index in [-0.39, 0.29) is 0 Å². The molecule has 2 aromatic carbocycles. The Morgan fingerprint density at radius 2 is 1.81 bits per heavy atom. The fourth-order valence-corrected chi connectivity index (χ4v) is 2.38. The molecule has 5 heteroatoms. The second-order valence-electron chi connectivity index (χ2n) is 4.46. The van der Waals surface area contributed by atoms with Crippen molar-refractivity contribution < 1.29 is 9.26 Å². The van der Waals surface area contributed by atoms with Crippen molar-refractivity contribution in [2.24, 2.45) is 0 Å². The minimum Gasteiger partial charge on any atom is -0.450 e. The summed E-state index contributed by atoms with van der Waals surface area (Å²) in [6.45, 7) is 1.79. The molecule has 3 rings (SSSR count). The average molecular weight is 320 g/mol. The molecule has 0 saturated heterocycles. The van der Waals surface area contributed by atoms with Gasteiger partial charge in [0.25, 0.3) is 0 Å². The molecule has 0 N–H and O–H groups in total. The van der Waals surface area contributed by atoms with E-state index in [2.05, 4.69) is 5.16 Å². The summed E-state index contributed by atoms with van der Waals surface area (Å²) in [6.07, 6.45) is 0. The van der Waals surface area contributed by atoms with Crippen LogP contribution in [0.25, 0.3) is 11.3 Å². The number of hydrogen-bond acceptors (Lipinski definition) is 3. The van der Waals surface area contributed by atoms with Gasteiger partial charge in [0.15, 0.2) is 17.2 Å². The van der Waals surface area contributed by atoms with Crippen LogP contribution in [0.4, 0.5) is 0 Å². The third-order valence-electron chi connectivity index (χ3n) is 2.96. The van der Waals surface area contributed by atoms with Crippen LogP contribution in [0.1, 0.15) is 5.76 Å². The third-order valence-corrected chi connectivity index (χ3v) is 3.49. The Labute approximate surface area is 132 Å². The highest BCUT2D eigenvalue weighted by Crippen LogP contribution is 2.38. The highest BCUT2D eigenvalue weighted by molar-refractivity contribution is 6.35. The van der Waals surface area contributed by atoms with Crippen LogP contribution in [0.2, 0.25) is 10.0 Å². The van der Waals surface area contributed by atoms with E-state index in [1.54, 1.807) is 25.1 Å². The number of halogens is 2. The number of rotatable bonds is 3. The molecule has 0 radical (unpaired) electrons. The molecule has 1 aromatic heterocycles. The van der Waals surface area contributed by atoms with Gasteiger partial charge in [0, 0.05) is 17.5 Å². The molecule has 0 unspecified atom stereocenters. The van der Waals surface area contributed by atoms with Crippen LogP contribution < -0.4 is 4.74 Å². The molecule has 0 amide bonds. The maximum absolute atomic E-state index is 6.14. The fourth-order valence-electron chi connectivity index (χ4n) is 1.93. The van der Waals surface area contributed by atoms with Crippen LogP contribution in [-0.4, -0.2) is 5.16 Å². The van der Waals surface area contributed by atoms with Crippen molar-refractivity contribution in [3.63, 3.8) is 0 Å². The standard InChI is InChI=1S/C16H11Cl2NO2/c1-10-16(20-14-8-7-12(17)9-13(14)18)15(19-21-10)11-5-3-2-4-6-11/h2-9H,1H3. The van der Waals surface area contributed by atoms with Crippen molar-refractivity contribution in [1.29, 1.82) is 0 Å². The van der Waals surface area contributed by atoms with Crippen molar-refractivity contribution in [2.75, 3.05) is 0 Å². The second kappa shape index (κ2) is 5.80. The zero-order chi connectivity index (χ0) is 14.8. The Bertz CT molecular complexity index is 769. The van der Waals surface area contributed by atoms with Gasteiger partial charge in [0.1, 0.15) is 5.75 Å². The van der Waals surface area contributed by atoms with Gasteiger partial charge in [-0.25, -0.2) is 0 Å². The van der Waals surface area contributed by atoms with E-state index >= 15 is 0 Å². The Kier molecular flexibility index (Phi) is 3.86. The first-order valence-electron chi connectivity index (χ1n) is 6.30. The van der Waals surface area contributed by atoms with Gasteiger partial charge >= 0.3 is 0 Å². The van der Waals surface area contributed by atoms with Crippen molar-refractivity contribution in [3.8, 4) is 22.8 Å². The lowest BCUT2D eigenvalue weighted by molar-refractivity contribution is 0.387. The summed E-state index contributed by atoms with van der Waals surface area (Å²) in [5, 5.41) is 5.05. The molecule has 0 aliphatic carbocycles. The van der Waals surface area contributed by atoms with Crippen molar-refractivity contribution in [1.82, 2.24) is 5.16 Å². The van der Waals surface area contributed by atoms with Gasteiger partial charge in [-0.15, -0.1) is 0 Å². The van der Waals surface area contributed by atoms with Crippen LogP contribution in [0.3, 0.4) is 0 Å². The first kappa shape index (κ1) is 14.0. The van der Waals surface area contributed by atoms with Crippen LogP contribution in [0, 0.1) is 6.92 Å². The highest BCUT2D eigenvalue weighted by atomic mass is 35.5. The minimum absolute atomic E-state index is 0.433. The van der Waals surface area contributed by atoms with Crippen LogP contribution in [-0.2, 0) is 0 Å². The molecule has 1 heterocycles. The predicted molar refractivity (Wildman–Crippen MR) is 83.2 cm³/mol. The average Bonchev–Trinajstić information content (AvgIpc) is 2.84. The molecule has 0 aliphatic heterocycles. The molecule has 3 nitrogen and oxygen atoms in total. The molecule has 0 atom stereocenters. The van der Waals surface area contributed by atoms with Crippen molar-refractivity contribution in [3.05, 3.63) is 64.3 Å². The van der Waals surface area contributed by atoms with Gasteiger partial charge in [0.05, 0.1) is 5.02 Å². The molecule has 0 fully saturated rings. The molecule has 3 aromatic rings. The van der Waals surface area contributed by atoms with E-state index in [0.29, 0.717) is 33.0 Å². The Morgan fingerprint density at radius 3 is 2.52 bits per heavy atom. The van der Waals surface area contributed by atoms with E-state index in [1.807, 2.05) is 30.3 Å². The summed E-state index contributed by atoms with van der Waals surface area (Å²) in [5.41, 5.74) is 1.55. The number of hydrogen-bond donors (Lipinski definition) is 0. The quantitative estimate of drug-likeness (QED) is 0.616. The summed E-state index contributed by atoms with van der Waals surface area (Å²) >= 11 is 12.0. The van der Waals surface area contributed by atoms with Gasteiger partial charge in [-0.05, 0) is 18.2 Å². The Hall–Kier alpha value is -1.97. The molecular weight excluding hydrogens is 309 g/mol. The first-order chi connectivity index (χ1) is 10.1. The number of nitrogens with zero attached hydrogens (tertiary/aromatic N) is 1. The lowest BCUT2D eigenvalue weighted by Crippen LogP contribution is -1.88. The molecule has 106 valence electrons. The van der Waals surface area contributed by atoms with Gasteiger partial charge in [-0.2, -0.15) is 0 Å². The Morgan fingerprint density at radius 1 is 1.05 bits per heavy atom. The first-order valence-corrected chi connectivity index (χ1v) is 7.05. The highest BCUT2D eigenvalue weighted by Gasteiger charge is 2.18. The maximum atomic E-state index is 6.14. The van der Waals surface area contributed by atoms with E-state index in [1.165, 1.54) is 0 Å². The third kappa shape index (κ3) is 2.89. The van der Waals surface area contributed by atoms with Crippen LogP contribution in [0.15, 0.2) is 53.1 Å². The number of ether oxygens (including phenoxy) is 1. The van der Waals surface area contributed by atoms with Gasteiger partial charge in [0.2, 0.25) is 0 Å². The second-order valence-corrected chi connectivity index (χ2v) is 5.30. The van der Waals surface area contributed by atoms with Crippen molar-refractivity contribution >= 4 is 23.2 Å². The normalized spacial score (nSPS) is 10.6. The molecule has 0 bridgehead atoms. The molecular formula is C16H11Cl2NO2. The molecule has 0 spiro atoms. The number of aryl methyl sites for hydroxylation is 1. The SMILES string of the molecule is Cc1onc(-c2ccccc2)c1Oc1ccc(Cl)cc1Cl. The van der Waals surface area contributed by atoms with Gasteiger partial charge < -0.3 is 9.26 Å². The predicted octanol–water partition coefficient (Wildman–Crippen LogP) is 5.75. The smallest absolute Gasteiger partial charge is 0.197 e. The summed E-state index contributed by atoms with van der Waals surface area (Å²) < 4.78 is 11.1. The van der Waals surface area contributed by atoms with Crippen molar-refractivity contribution in [2.45, 2.75) is 6.92 Å². The summed E-state index contributed by atoms with van der Waals surface area (Å²) in [7, 11) is 0. The largest absolute Gasteiger partial charge is 0.450 e.